The number of amides is 1. The van der Waals surface area contributed by atoms with Crippen molar-refractivity contribution in [3.8, 4) is 0 Å². The van der Waals surface area contributed by atoms with Crippen LogP contribution >= 0.6 is 0 Å². The van der Waals surface area contributed by atoms with Crippen molar-refractivity contribution in [3.05, 3.63) is 61.4 Å². The SMILES string of the molecule is Cc1[nH]c(=O)[nH]c(=O)c1NC(=O)c1ccc2c(c1)C(CN)CCC2. The first-order chi connectivity index (χ1) is 11.5. The summed E-state index contributed by atoms with van der Waals surface area (Å²) in [5.74, 6) is -0.125. The summed E-state index contributed by atoms with van der Waals surface area (Å²) in [6.07, 6.45) is 3.12. The van der Waals surface area contributed by atoms with Gasteiger partial charge in [0.15, 0.2) is 0 Å². The molecule has 1 aliphatic carbocycles. The molecule has 1 unspecified atom stereocenters. The second-order valence-electron chi connectivity index (χ2n) is 6.10. The molecule has 0 radical (unpaired) electrons. The van der Waals surface area contributed by atoms with Crippen LogP contribution in [0.2, 0.25) is 0 Å². The Morgan fingerprint density at radius 1 is 1.33 bits per heavy atom. The van der Waals surface area contributed by atoms with E-state index in [-0.39, 0.29) is 17.5 Å². The zero-order valence-corrected chi connectivity index (χ0v) is 13.4. The number of benzene rings is 1. The molecule has 0 saturated carbocycles. The number of hydrogen-bond acceptors (Lipinski definition) is 4. The van der Waals surface area contributed by atoms with Crippen LogP contribution in [0.15, 0.2) is 27.8 Å². The van der Waals surface area contributed by atoms with E-state index in [1.807, 2.05) is 12.1 Å². The highest BCUT2D eigenvalue weighted by atomic mass is 16.2. The van der Waals surface area contributed by atoms with Crippen LogP contribution in [-0.2, 0) is 6.42 Å². The number of aryl methyl sites for hydroxylation is 2. The lowest BCUT2D eigenvalue weighted by molar-refractivity contribution is 0.102. The van der Waals surface area contributed by atoms with Crippen molar-refractivity contribution in [2.24, 2.45) is 5.73 Å². The van der Waals surface area contributed by atoms with E-state index in [2.05, 4.69) is 15.3 Å². The van der Waals surface area contributed by atoms with E-state index in [1.54, 1.807) is 13.0 Å². The molecule has 5 N–H and O–H groups in total. The monoisotopic (exact) mass is 328 g/mol. The number of aromatic amines is 2. The molecular weight excluding hydrogens is 308 g/mol. The number of hydrogen-bond donors (Lipinski definition) is 4. The maximum absolute atomic E-state index is 12.5. The minimum absolute atomic E-state index is 0.0488. The summed E-state index contributed by atoms with van der Waals surface area (Å²) in [5, 5.41) is 2.58. The van der Waals surface area contributed by atoms with Crippen LogP contribution in [0, 0.1) is 6.92 Å². The number of carbonyl (C=O) groups is 1. The molecular formula is C17H20N4O3. The number of anilines is 1. The predicted molar refractivity (Wildman–Crippen MR) is 91.5 cm³/mol. The average molecular weight is 328 g/mol. The van der Waals surface area contributed by atoms with Gasteiger partial charge in [0.1, 0.15) is 5.69 Å². The fraction of sp³-hybridized carbons (Fsp3) is 0.353. The van der Waals surface area contributed by atoms with Crippen LogP contribution in [0.3, 0.4) is 0 Å². The molecule has 0 spiro atoms. The minimum atomic E-state index is -0.623. The van der Waals surface area contributed by atoms with Crippen LogP contribution in [0.1, 0.15) is 45.9 Å². The third-order valence-corrected chi connectivity index (χ3v) is 4.50. The van der Waals surface area contributed by atoms with Crippen molar-refractivity contribution < 1.29 is 4.79 Å². The number of nitrogens with two attached hydrogens (primary N) is 1. The van der Waals surface area contributed by atoms with Gasteiger partial charge in [0.2, 0.25) is 0 Å². The van der Waals surface area contributed by atoms with Gasteiger partial charge in [-0.1, -0.05) is 6.07 Å². The Hall–Kier alpha value is -2.67. The van der Waals surface area contributed by atoms with Crippen molar-refractivity contribution in [1.29, 1.82) is 0 Å². The second-order valence-corrected chi connectivity index (χ2v) is 6.10. The number of fused-ring (bicyclic) bond motifs is 1. The van der Waals surface area contributed by atoms with Gasteiger partial charge in [-0.3, -0.25) is 14.6 Å². The first kappa shape index (κ1) is 16.2. The summed E-state index contributed by atoms with van der Waals surface area (Å²) in [6, 6.07) is 5.56. The Morgan fingerprint density at radius 2 is 2.12 bits per heavy atom. The lowest BCUT2D eigenvalue weighted by Gasteiger charge is -2.24. The van der Waals surface area contributed by atoms with Gasteiger partial charge in [-0.25, -0.2) is 4.79 Å². The van der Waals surface area contributed by atoms with Gasteiger partial charge in [-0.2, -0.15) is 0 Å². The molecule has 1 aromatic heterocycles. The highest BCUT2D eigenvalue weighted by Crippen LogP contribution is 2.31. The first-order valence-corrected chi connectivity index (χ1v) is 7.97. The van der Waals surface area contributed by atoms with Crippen LogP contribution in [0.4, 0.5) is 5.69 Å². The molecule has 7 heteroatoms. The first-order valence-electron chi connectivity index (χ1n) is 7.97. The summed E-state index contributed by atoms with van der Waals surface area (Å²) in [5.41, 5.74) is 7.79. The lowest BCUT2D eigenvalue weighted by atomic mass is 9.82. The number of carbonyl (C=O) groups excluding carboxylic acids is 1. The highest BCUT2D eigenvalue weighted by molar-refractivity contribution is 6.04. The van der Waals surface area contributed by atoms with Crippen molar-refractivity contribution in [2.45, 2.75) is 32.1 Å². The summed E-state index contributed by atoms with van der Waals surface area (Å²) in [4.78, 5) is 40.1. The molecule has 126 valence electrons. The maximum Gasteiger partial charge on any atom is 0.326 e. The molecule has 1 heterocycles. The normalized spacial score (nSPS) is 16.5. The van der Waals surface area contributed by atoms with E-state index in [4.69, 9.17) is 5.73 Å². The maximum atomic E-state index is 12.5. The number of rotatable bonds is 3. The molecule has 1 amide bonds. The highest BCUT2D eigenvalue weighted by Gasteiger charge is 2.21. The van der Waals surface area contributed by atoms with Gasteiger partial charge in [0, 0.05) is 11.3 Å². The largest absolute Gasteiger partial charge is 0.330 e. The summed E-state index contributed by atoms with van der Waals surface area (Å²) in [6.45, 7) is 2.11. The molecule has 1 aliphatic rings. The van der Waals surface area contributed by atoms with Crippen LogP contribution in [-0.4, -0.2) is 22.4 Å². The molecule has 2 aromatic rings. The second kappa shape index (κ2) is 6.45. The summed E-state index contributed by atoms with van der Waals surface area (Å²) >= 11 is 0. The van der Waals surface area contributed by atoms with Gasteiger partial charge < -0.3 is 16.0 Å². The van der Waals surface area contributed by atoms with E-state index in [1.165, 1.54) is 5.56 Å². The molecule has 0 aliphatic heterocycles. The topological polar surface area (TPSA) is 121 Å². The molecule has 7 nitrogen and oxygen atoms in total. The van der Waals surface area contributed by atoms with E-state index < -0.39 is 11.2 Å². The van der Waals surface area contributed by atoms with Crippen molar-refractivity contribution in [1.82, 2.24) is 9.97 Å². The fourth-order valence-electron chi connectivity index (χ4n) is 3.22. The third-order valence-electron chi connectivity index (χ3n) is 4.50. The Balaban J connectivity index is 1.92. The number of H-pyrrole nitrogens is 2. The van der Waals surface area contributed by atoms with Gasteiger partial charge in [0.05, 0.1) is 0 Å². The number of aromatic nitrogens is 2. The molecule has 0 fully saturated rings. The Kier molecular flexibility index (Phi) is 4.35. The lowest BCUT2D eigenvalue weighted by Crippen LogP contribution is -2.28. The zero-order valence-electron chi connectivity index (χ0n) is 13.4. The van der Waals surface area contributed by atoms with Crippen LogP contribution in [0.25, 0.3) is 0 Å². The third kappa shape index (κ3) is 3.03. The summed E-state index contributed by atoms with van der Waals surface area (Å²) < 4.78 is 0. The quantitative estimate of drug-likeness (QED) is 0.671. The standard InChI is InChI=1S/C17H20N4O3/c1-9-14(16(23)21-17(24)19-9)20-15(22)11-6-5-10-3-2-4-12(8-18)13(10)7-11/h5-7,12H,2-4,8,18H2,1H3,(H,20,22)(H2,19,21,23,24). The fourth-order valence-corrected chi connectivity index (χ4v) is 3.22. The molecule has 0 saturated heterocycles. The van der Waals surface area contributed by atoms with E-state index in [9.17, 15) is 14.4 Å². The van der Waals surface area contributed by atoms with Crippen molar-refractivity contribution in [2.75, 3.05) is 11.9 Å². The molecule has 24 heavy (non-hydrogen) atoms. The molecule has 0 bridgehead atoms. The van der Waals surface area contributed by atoms with Gasteiger partial charge >= 0.3 is 5.69 Å². The average Bonchev–Trinajstić information content (AvgIpc) is 2.56. The molecule has 1 aromatic carbocycles. The van der Waals surface area contributed by atoms with Gasteiger partial charge in [-0.15, -0.1) is 0 Å². The zero-order chi connectivity index (χ0) is 17.3. The summed E-state index contributed by atoms with van der Waals surface area (Å²) in [7, 11) is 0. The smallest absolute Gasteiger partial charge is 0.326 e. The molecule has 1 atom stereocenters. The minimum Gasteiger partial charge on any atom is -0.330 e. The number of nitrogens with one attached hydrogen (secondary N) is 3. The Labute approximate surface area is 138 Å². The van der Waals surface area contributed by atoms with Crippen LogP contribution < -0.4 is 22.3 Å². The Bertz CT molecular complexity index is 897. The predicted octanol–water partition coefficient (Wildman–Crippen LogP) is 1.00. The van der Waals surface area contributed by atoms with E-state index in [0.717, 1.165) is 24.8 Å². The van der Waals surface area contributed by atoms with Crippen molar-refractivity contribution in [3.63, 3.8) is 0 Å². The van der Waals surface area contributed by atoms with E-state index >= 15 is 0 Å². The van der Waals surface area contributed by atoms with Crippen molar-refractivity contribution >= 4 is 11.6 Å². The van der Waals surface area contributed by atoms with Crippen LogP contribution in [0.5, 0.6) is 0 Å². The van der Waals surface area contributed by atoms with E-state index in [0.29, 0.717) is 17.8 Å². The Morgan fingerprint density at radius 3 is 2.83 bits per heavy atom. The molecule has 3 rings (SSSR count). The van der Waals surface area contributed by atoms with Gasteiger partial charge in [0.25, 0.3) is 11.5 Å². The van der Waals surface area contributed by atoms with Gasteiger partial charge in [-0.05, 0) is 61.9 Å².